The fraction of sp³-hybridized carbons (Fsp3) is 0.200. The summed E-state index contributed by atoms with van der Waals surface area (Å²) in [5.41, 5.74) is 0.807. The van der Waals surface area contributed by atoms with Crippen molar-refractivity contribution in [1.29, 1.82) is 0 Å². The van der Waals surface area contributed by atoms with E-state index < -0.39 is 11.8 Å². The maximum atomic E-state index is 13.0. The molecule has 0 spiro atoms. The van der Waals surface area contributed by atoms with Crippen LogP contribution >= 0.6 is 0 Å². The van der Waals surface area contributed by atoms with Crippen LogP contribution in [0.4, 0.5) is 5.69 Å². The minimum atomic E-state index is -0.526. The molecule has 3 aromatic rings. The average Bonchev–Trinajstić information content (AvgIpc) is 3.31. The number of amides is 2. The Morgan fingerprint density at radius 1 is 0.970 bits per heavy atom. The Balaban J connectivity index is 1.84. The topological polar surface area (TPSA) is 99.0 Å². The second-order valence-electron chi connectivity index (χ2n) is 7.25. The van der Waals surface area contributed by atoms with Crippen LogP contribution in [0.1, 0.15) is 30.0 Å². The van der Waals surface area contributed by atoms with Crippen LogP contribution < -0.4 is 24.8 Å². The van der Waals surface area contributed by atoms with Crippen molar-refractivity contribution in [1.82, 2.24) is 5.32 Å². The van der Waals surface area contributed by atoms with Crippen molar-refractivity contribution in [3.05, 3.63) is 77.9 Å². The van der Waals surface area contributed by atoms with Gasteiger partial charge in [0.25, 0.3) is 11.8 Å². The number of nitrogens with one attached hydrogen (secondary N) is 2. The molecule has 0 aliphatic rings. The molecular weight excluding hydrogens is 424 g/mol. The minimum absolute atomic E-state index is 0.0000779. The van der Waals surface area contributed by atoms with Gasteiger partial charge in [-0.05, 0) is 56.3 Å². The summed E-state index contributed by atoms with van der Waals surface area (Å²) in [5, 5.41) is 5.43. The van der Waals surface area contributed by atoms with Crippen LogP contribution in [0.25, 0.3) is 6.08 Å². The molecule has 8 nitrogen and oxygen atoms in total. The predicted octanol–water partition coefficient (Wildman–Crippen LogP) is 4.49. The maximum Gasteiger partial charge on any atom is 0.272 e. The number of furan rings is 1. The fourth-order valence-electron chi connectivity index (χ4n) is 2.96. The van der Waals surface area contributed by atoms with Gasteiger partial charge in [-0.25, -0.2) is 0 Å². The number of ether oxygens (including phenoxy) is 3. The van der Waals surface area contributed by atoms with E-state index >= 15 is 0 Å². The van der Waals surface area contributed by atoms with Crippen molar-refractivity contribution in [2.75, 3.05) is 19.5 Å². The lowest BCUT2D eigenvalue weighted by atomic mass is 10.1. The molecule has 172 valence electrons. The first kappa shape index (κ1) is 23.5. The lowest BCUT2D eigenvalue weighted by Gasteiger charge is -2.14. The molecule has 8 heteroatoms. The van der Waals surface area contributed by atoms with Gasteiger partial charge in [-0.1, -0.05) is 6.07 Å². The number of benzene rings is 2. The monoisotopic (exact) mass is 450 g/mol. The molecule has 0 unspecified atom stereocenters. The third kappa shape index (κ3) is 6.39. The van der Waals surface area contributed by atoms with Crippen LogP contribution in [-0.4, -0.2) is 32.1 Å². The molecule has 33 heavy (non-hydrogen) atoms. The zero-order valence-corrected chi connectivity index (χ0v) is 18.9. The Hall–Kier alpha value is -4.20. The van der Waals surface area contributed by atoms with Gasteiger partial charge in [0.05, 0.1) is 26.6 Å². The lowest BCUT2D eigenvalue weighted by molar-refractivity contribution is -0.113. The van der Waals surface area contributed by atoms with E-state index in [-0.39, 0.29) is 17.4 Å². The van der Waals surface area contributed by atoms with Crippen molar-refractivity contribution in [2.24, 2.45) is 0 Å². The van der Waals surface area contributed by atoms with Gasteiger partial charge in [-0.2, -0.15) is 0 Å². The van der Waals surface area contributed by atoms with E-state index in [2.05, 4.69) is 10.6 Å². The molecule has 0 aliphatic carbocycles. The highest BCUT2D eigenvalue weighted by Crippen LogP contribution is 2.27. The molecule has 0 aliphatic heterocycles. The minimum Gasteiger partial charge on any atom is -0.493 e. The Morgan fingerprint density at radius 3 is 2.42 bits per heavy atom. The molecule has 0 saturated carbocycles. The van der Waals surface area contributed by atoms with Crippen molar-refractivity contribution < 1.29 is 28.2 Å². The van der Waals surface area contributed by atoms with Crippen LogP contribution in [-0.2, 0) is 4.79 Å². The summed E-state index contributed by atoms with van der Waals surface area (Å²) in [6.45, 7) is 3.83. The molecule has 0 atom stereocenters. The largest absolute Gasteiger partial charge is 0.493 e. The van der Waals surface area contributed by atoms with E-state index in [0.717, 1.165) is 0 Å². The number of anilines is 1. The number of hydrogen-bond acceptors (Lipinski definition) is 6. The highest BCUT2D eigenvalue weighted by molar-refractivity contribution is 6.10. The summed E-state index contributed by atoms with van der Waals surface area (Å²) < 4.78 is 21.5. The normalized spacial score (nSPS) is 11.1. The van der Waals surface area contributed by atoms with Gasteiger partial charge >= 0.3 is 0 Å². The highest BCUT2D eigenvalue weighted by atomic mass is 16.5. The first-order chi connectivity index (χ1) is 15.9. The molecule has 0 saturated heterocycles. The van der Waals surface area contributed by atoms with Crippen molar-refractivity contribution in [3.8, 4) is 17.2 Å². The maximum absolute atomic E-state index is 13.0. The van der Waals surface area contributed by atoms with Gasteiger partial charge in [-0.3, -0.25) is 9.59 Å². The fourth-order valence-corrected chi connectivity index (χ4v) is 2.96. The Morgan fingerprint density at radius 2 is 1.76 bits per heavy atom. The highest BCUT2D eigenvalue weighted by Gasteiger charge is 2.17. The van der Waals surface area contributed by atoms with Crippen LogP contribution in [0.15, 0.2) is 71.0 Å². The first-order valence-corrected chi connectivity index (χ1v) is 10.3. The molecule has 3 rings (SSSR count). The first-order valence-electron chi connectivity index (χ1n) is 10.3. The van der Waals surface area contributed by atoms with E-state index in [1.54, 1.807) is 48.5 Å². The number of hydrogen-bond donors (Lipinski definition) is 2. The van der Waals surface area contributed by atoms with E-state index in [4.69, 9.17) is 18.6 Å². The van der Waals surface area contributed by atoms with Crippen LogP contribution in [0, 0.1) is 0 Å². The molecule has 1 heterocycles. The summed E-state index contributed by atoms with van der Waals surface area (Å²) in [6, 6.07) is 15.1. The molecule has 0 fully saturated rings. The van der Waals surface area contributed by atoms with Gasteiger partial charge in [0.1, 0.15) is 17.2 Å². The SMILES string of the molecule is COc1ccc(C(=O)N/C(=C\c2ccco2)C(=O)Nc2cccc(OC(C)C)c2)cc1OC. The van der Waals surface area contributed by atoms with E-state index in [1.165, 1.54) is 32.6 Å². The number of rotatable bonds is 9. The third-order valence-electron chi connectivity index (χ3n) is 4.43. The molecule has 2 N–H and O–H groups in total. The standard InChI is InChI=1S/C25H26N2O6/c1-16(2)33-20-8-5-7-18(14-20)26-25(29)21(15-19-9-6-12-32-19)27-24(28)17-10-11-22(30-3)23(13-17)31-4/h5-16H,1-4H3,(H,26,29)(H,27,28)/b21-15-. The van der Waals surface area contributed by atoms with Gasteiger partial charge in [0.2, 0.25) is 0 Å². The summed E-state index contributed by atoms with van der Waals surface area (Å²) in [5.74, 6) is 0.885. The van der Waals surface area contributed by atoms with Crippen LogP contribution in [0.2, 0.25) is 0 Å². The number of methoxy groups -OCH3 is 2. The zero-order valence-electron chi connectivity index (χ0n) is 18.9. The predicted molar refractivity (Wildman–Crippen MR) is 125 cm³/mol. The number of carbonyl (C=O) groups excluding carboxylic acids is 2. The van der Waals surface area contributed by atoms with Gasteiger partial charge in [0, 0.05) is 23.4 Å². The number of carbonyl (C=O) groups is 2. The average molecular weight is 450 g/mol. The quantitative estimate of drug-likeness (QED) is 0.466. The molecular formula is C25H26N2O6. The smallest absolute Gasteiger partial charge is 0.272 e. The zero-order chi connectivity index (χ0) is 23.8. The van der Waals surface area contributed by atoms with Crippen molar-refractivity contribution >= 4 is 23.6 Å². The Bertz CT molecular complexity index is 1140. The second-order valence-corrected chi connectivity index (χ2v) is 7.25. The second kappa shape index (κ2) is 10.9. The summed E-state index contributed by atoms with van der Waals surface area (Å²) in [6.07, 6.45) is 2.92. The van der Waals surface area contributed by atoms with E-state index in [0.29, 0.717) is 28.7 Å². The molecule has 1 aromatic heterocycles. The van der Waals surface area contributed by atoms with Crippen LogP contribution in [0.5, 0.6) is 17.2 Å². The van der Waals surface area contributed by atoms with Gasteiger partial charge < -0.3 is 29.3 Å². The summed E-state index contributed by atoms with van der Waals surface area (Å²) in [7, 11) is 2.99. The van der Waals surface area contributed by atoms with Gasteiger partial charge in [0.15, 0.2) is 11.5 Å². The summed E-state index contributed by atoms with van der Waals surface area (Å²) in [4.78, 5) is 25.9. The van der Waals surface area contributed by atoms with E-state index in [9.17, 15) is 9.59 Å². The molecule has 0 radical (unpaired) electrons. The van der Waals surface area contributed by atoms with Gasteiger partial charge in [-0.15, -0.1) is 0 Å². The molecule has 0 bridgehead atoms. The molecule has 2 aromatic carbocycles. The molecule has 2 amide bonds. The van der Waals surface area contributed by atoms with E-state index in [1.807, 2.05) is 13.8 Å². The van der Waals surface area contributed by atoms with Crippen molar-refractivity contribution in [2.45, 2.75) is 20.0 Å². The Kier molecular flexibility index (Phi) is 7.75. The van der Waals surface area contributed by atoms with Crippen molar-refractivity contribution in [3.63, 3.8) is 0 Å². The lowest BCUT2D eigenvalue weighted by Crippen LogP contribution is -2.30. The summed E-state index contributed by atoms with van der Waals surface area (Å²) >= 11 is 0. The van der Waals surface area contributed by atoms with Crippen LogP contribution in [0.3, 0.4) is 0 Å². The third-order valence-corrected chi connectivity index (χ3v) is 4.43. The Labute approximate surface area is 192 Å².